The third kappa shape index (κ3) is 1.85. The number of hydrogen-bond acceptors (Lipinski definition) is 1. The topological polar surface area (TPSA) is 27.8 Å². The summed E-state index contributed by atoms with van der Waals surface area (Å²) in [6.07, 6.45) is 2.51. The standard InChI is InChI=1S/C16H22N2/c1-10-8-11(2)15-12(3)16(18-14(15)9-10)13-4-6-17-7-5-13/h8-9,13,17-18H,4-7H2,1-3H3. The Bertz CT molecular complexity index is 574. The van der Waals surface area contributed by atoms with Crippen molar-refractivity contribution in [3.63, 3.8) is 0 Å². The average molecular weight is 242 g/mol. The van der Waals surface area contributed by atoms with E-state index in [9.17, 15) is 0 Å². The molecule has 0 unspecified atom stereocenters. The van der Waals surface area contributed by atoms with Crippen LogP contribution >= 0.6 is 0 Å². The molecule has 1 aromatic carbocycles. The molecular weight excluding hydrogens is 220 g/mol. The van der Waals surface area contributed by atoms with Crippen LogP contribution in [-0.2, 0) is 0 Å². The minimum absolute atomic E-state index is 0.707. The number of nitrogens with one attached hydrogen (secondary N) is 2. The van der Waals surface area contributed by atoms with E-state index in [4.69, 9.17) is 0 Å². The van der Waals surface area contributed by atoms with Crippen molar-refractivity contribution in [3.05, 3.63) is 34.5 Å². The third-order valence-electron chi connectivity index (χ3n) is 4.28. The van der Waals surface area contributed by atoms with Gasteiger partial charge in [0.05, 0.1) is 0 Å². The smallest absolute Gasteiger partial charge is 0.0464 e. The van der Waals surface area contributed by atoms with Gasteiger partial charge in [0.15, 0.2) is 0 Å². The van der Waals surface area contributed by atoms with Gasteiger partial charge in [-0.1, -0.05) is 6.07 Å². The van der Waals surface area contributed by atoms with E-state index in [-0.39, 0.29) is 0 Å². The Morgan fingerprint density at radius 2 is 1.78 bits per heavy atom. The maximum absolute atomic E-state index is 3.69. The van der Waals surface area contributed by atoms with Gasteiger partial charge in [-0.2, -0.15) is 0 Å². The van der Waals surface area contributed by atoms with E-state index in [2.05, 4.69) is 43.2 Å². The van der Waals surface area contributed by atoms with Crippen molar-refractivity contribution in [3.8, 4) is 0 Å². The first-order valence-corrected chi connectivity index (χ1v) is 6.97. The quantitative estimate of drug-likeness (QED) is 0.786. The van der Waals surface area contributed by atoms with Crippen LogP contribution in [0.3, 0.4) is 0 Å². The number of aromatic nitrogens is 1. The van der Waals surface area contributed by atoms with Gasteiger partial charge in [-0.3, -0.25) is 0 Å². The molecule has 0 bridgehead atoms. The molecule has 2 nitrogen and oxygen atoms in total. The van der Waals surface area contributed by atoms with E-state index in [0.29, 0.717) is 5.92 Å². The van der Waals surface area contributed by atoms with Crippen LogP contribution in [0.5, 0.6) is 0 Å². The highest BCUT2D eigenvalue weighted by atomic mass is 14.9. The fraction of sp³-hybridized carbons (Fsp3) is 0.500. The molecule has 18 heavy (non-hydrogen) atoms. The zero-order valence-corrected chi connectivity index (χ0v) is 11.6. The molecule has 1 fully saturated rings. The Balaban J connectivity index is 2.13. The SMILES string of the molecule is Cc1cc(C)c2c(C)c(C3CCNCC3)[nH]c2c1. The van der Waals surface area contributed by atoms with Crippen LogP contribution in [0.15, 0.2) is 12.1 Å². The highest BCUT2D eigenvalue weighted by Crippen LogP contribution is 2.33. The van der Waals surface area contributed by atoms with Gasteiger partial charge in [-0.15, -0.1) is 0 Å². The van der Waals surface area contributed by atoms with Crippen LogP contribution in [0.1, 0.15) is 41.1 Å². The van der Waals surface area contributed by atoms with E-state index in [1.165, 1.54) is 46.1 Å². The maximum Gasteiger partial charge on any atom is 0.0464 e. The van der Waals surface area contributed by atoms with Crippen molar-refractivity contribution >= 4 is 10.9 Å². The first-order valence-electron chi connectivity index (χ1n) is 6.97. The molecule has 0 radical (unpaired) electrons. The average Bonchev–Trinajstić information content (AvgIpc) is 2.67. The van der Waals surface area contributed by atoms with Crippen molar-refractivity contribution in [2.24, 2.45) is 0 Å². The van der Waals surface area contributed by atoms with Crippen molar-refractivity contribution in [2.75, 3.05) is 13.1 Å². The van der Waals surface area contributed by atoms with Gasteiger partial charge in [0.25, 0.3) is 0 Å². The number of aromatic amines is 1. The number of piperidine rings is 1. The van der Waals surface area contributed by atoms with Gasteiger partial charge in [0, 0.05) is 22.5 Å². The summed E-state index contributed by atoms with van der Waals surface area (Å²) in [6, 6.07) is 4.56. The summed E-state index contributed by atoms with van der Waals surface area (Å²) in [6.45, 7) is 8.97. The molecule has 3 rings (SSSR count). The van der Waals surface area contributed by atoms with Gasteiger partial charge in [-0.25, -0.2) is 0 Å². The maximum atomic E-state index is 3.69. The molecule has 0 saturated carbocycles. The summed E-state index contributed by atoms with van der Waals surface area (Å²) in [7, 11) is 0. The van der Waals surface area contributed by atoms with Gasteiger partial charge < -0.3 is 10.3 Å². The highest BCUT2D eigenvalue weighted by Gasteiger charge is 2.20. The number of aryl methyl sites for hydroxylation is 3. The second-order valence-corrected chi connectivity index (χ2v) is 5.69. The molecule has 0 atom stereocenters. The Morgan fingerprint density at radius 1 is 1.06 bits per heavy atom. The minimum Gasteiger partial charge on any atom is -0.358 e. The molecule has 0 aliphatic carbocycles. The summed E-state index contributed by atoms with van der Waals surface area (Å²) >= 11 is 0. The van der Waals surface area contributed by atoms with Crippen LogP contribution in [0, 0.1) is 20.8 Å². The summed E-state index contributed by atoms with van der Waals surface area (Å²) in [5, 5.41) is 4.88. The third-order valence-corrected chi connectivity index (χ3v) is 4.28. The Kier molecular flexibility index (Phi) is 2.90. The number of fused-ring (bicyclic) bond motifs is 1. The van der Waals surface area contributed by atoms with E-state index in [1.807, 2.05) is 0 Å². The zero-order chi connectivity index (χ0) is 12.7. The summed E-state index contributed by atoms with van der Waals surface area (Å²) in [5.41, 5.74) is 7.00. The first-order chi connectivity index (χ1) is 8.66. The second kappa shape index (κ2) is 4.43. The number of benzene rings is 1. The molecule has 2 heteroatoms. The fourth-order valence-electron chi connectivity index (χ4n) is 3.46. The molecule has 1 aliphatic rings. The molecular formula is C16H22N2. The van der Waals surface area contributed by atoms with Gasteiger partial charge >= 0.3 is 0 Å². The second-order valence-electron chi connectivity index (χ2n) is 5.69. The highest BCUT2D eigenvalue weighted by molar-refractivity contribution is 5.88. The van der Waals surface area contributed by atoms with Crippen LogP contribution in [-0.4, -0.2) is 18.1 Å². The Hall–Kier alpha value is -1.28. The van der Waals surface area contributed by atoms with Gasteiger partial charge in [0.1, 0.15) is 0 Å². The fourth-order valence-corrected chi connectivity index (χ4v) is 3.46. The van der Waals surface area contributed by atoms with Crippen molar-refractivity contribution in [1.82, 2.24) is 10.3 Å². The first kappa shape index (κ1) is 11.8. The lowest BCUT2D eigenvalue weighted by Crippen LogP contribution is -2.27. The molecule has 2 heterocycles. The number of H-pyrrole nitrogens is 1. The lowest BCUT2D eigenvalue weighted by atomic mass is 9.91. The normalized spacial score (nSPS) is 17.5. The van der Waals surface area contributed by atoms with E-state index in [1.54, 1.807) is 0 Å². The monoisotopic (exact) mass is 242 g/mol. The van der Waals surface area contributed by atoms with E-state index >= 15 is 0 Å². The Morgan fingerprint density at radius 3 is 2.50 bits per heavy atom. The molecule has 1 aromatic heterocycles. The zero-order valence-electron chi connectivity index (χ0n) is 11.6. The van der Waals surface area contributed by atoms with Crippen LogP contribution in [0.25, 0.3) is 10.9 Å². The molecule has 1 aliphatic heterocycles. The summed E-state index contributed by atoms with van der Waals surface area (Å²) in [5.74, 6) is 0.707. The van der Waals surface area contributed by atoms with Crippen molar-refractivity contribution in [1.29, 1.82) is 0 Å². The van der Waals surface area contributed by atoms with Crippen molar-refractivity contribution < 1.29 is 0 Å². The van der Waals surface area contributed by atoms with E-state index in [0.717, 1.165) is 13.1 Å². The molecule has 2 aromatic rings. The lowest BCUT2D eigenvalue weighted by molar-refractivity contribution is 0.453. The van der Waals surface area contributed by atoms with Crippen LogP contribution < -0.4 is 5.32 Å². The predicted octanol–water partition coefficient (Wildman–Crippen LogP) is 3.56. The number of hydrogen-bond donors (Lipinski definition) is 2. The number of rotatable bonds is 1. The molecule has 2 N–H and O–H groups in total. The van der Waals surface area contributed by atoms with Crippen LogP contribution in [0.4, 0.5) is 0 Å². The Labute approximate surface area is 109 Å². The molecule has 96 valence electrons. The lowest BCUT2D eigenvalue weighted by Gasteiger charge is -2.22. The minimum atomic E-state index is 0.707. The van der Waals surface area contributed by atoms with Crippen LogP contribution in [0.2, 0.25) is 0 Å². The van der Waals surface area contributed by atoms with Crippen molar-refractivity contribution in [2.45, 2.75) is 39.5 Å². The predicted molar refractivity (Wildman–Crippen MR) is 77.4 cm³/mol. The molecule has 1 saturated heterocycles. The van der Waals surface area contributed by atoms with E-state index < -0.39 is 0 Å². The van der Waals surface area contributed by atoms with Gasteiger partial charge in [0.2, 0.25) is 0 Å². The summed E-state index contributed by atoms with van der Waals surface area (Å²) in [4.78, 5) is 3.69. The molecule has 0 spiro atoms. The molecule has 0 amide bonds. The largest absolute Gasteiger partial charge is 0.358 e. The van der Waals surface area contributed by atoms with Gasteiger partial charge in [-0.05, 0) is 69.5 Å². The summed E-state index contributed by atoms with van der Waals surface area (Å²) < 4.78 is 0.